The van der Waals surface area contributed by atoms with Gasteiger partial charge in [0.2, 0.25) is 5.91 Å². The van der Waals surface area contributed by atoms with E-state index in [1.54, 1.807) is 24.5 Å². The van der Waals surface area contributed by atoms with Gasteiger partial charge in [-0.1, -0.05) is 29.9 Å². The Bertz CT molecular complexity index is 1620. The first-order valence-electron chi connectivity index (χ1n) is 24.3. The Morgan fingerprint density at radius 3 is 1.48 bits per heavy atom. The predicted molar refractivity (Wildman–Crippen MR) is 266 cm³/mol. The van der Waals surface area contributed by atoms with E-state index in [4.69, 9.17) is 35.9 Å². The van der Waals surface area contributed by atoms with Crippen LogP contribution in [0.25, 0.3) is 0 Å². The molecule has 1 heterocycles. The van der Waals surface area contributed by atoms with Crippen molar-refractivity contribution in [3.05, 3.63) is 29.8 Å². The number of nitrogens with one attached hydrogen (secondary N) is 1. The summed E-state index contributed by atoms with van der Waals surface area (Å²) >= 11 is 5.41. The van der Waals surface area contributed by atoms with E-state index < -0.39 is 29.9 Å². The number of carboxylic acids is 4. The van der Waals surface area contributed by atoms with Crippen LogP contribution in [0.2, 0.25) is 0 Å². The number of nitrogens with zero attached hydrogens (tertiary/aromatic N) is 5. The molecule has 1 saturated heterocycles. The van der Waals surface area contributed by atoms with E-state index in [0.29, 0.717) is 85.5 Å². The number of rotatable bonds is 35. The van der Waals surface area contributed by atoms with Gasteiger partial charge >= 0.3 is 25.8 Å². The second-order valence-corrected chi connectivity index (χ2v) is 17.3. The van der Waals surface area contributed by atoms with Crippen LogP contribution in [0.4, 0.5) is 5.69 Å². The van der Waals surface area contributed by atoms with Crippen LogP contribution in [0.1, 0.15) is 71.3 Å². The molecular weight excluding hydrogens is 1000 g/mol. The molecule has 0 aliphatic carbocycles. The van der Waals surface area contributed by atoms with E-state index in [-0.39, 0.29) is 110 Å². The summed E-state index contributed by atoms with van der Waals surface area (Å²) in [5.41, 5.74) is 2.26. The number of ketones is 1. The number of carbonyl (C=O) groups is 6. The van der Waals surface area contributed by atoms with Gasteiger partial charge in [0.05, 0.1) is 69.1 Å². The summed E-state index contributed by atoms with van der Waals surface area (Å²) in [5.74, 6) is -4.94. The number of carbonyl (C=O) groups excluding carboxylic acids is 5. The minimum Gasteiger partial charge on any atom is -0.549 e. The van der Waals surface area contributed by atoms with Gasteiger partial charge in [0.25, 0.3) is 0 Å². The molecule has 1 aromatic rings. The van der Waals surface area contributed by atoms with Gasteiger partial charge in [0.15, 0.2) is 5.78 Å². The molecule has 0 aromatic heterocycles. The average molecular weight is 1080 g/mol. The molecule has 1 aromatic carbocycles. The Hall–Kier alpha value is -3.59. The second kappa shape index (κ2) is 42.9. The summed E-state index contributed by atoms with van der Waals surface area (Å²) in [4.78, 5) is 77.3. The molecular formula is C48H79GaN6O15S. The first-order chi connectivity index (χ1) is 33.5. The van der Waals surface area contributed by atoms with E-state index in [0.717, 1.165) is 42.8 Å². The van der Waals surface area contributed by atoms with Gasteiger partial charge in [-0.15, -0.1) is 0 Å². The van der Waals surface area contributed by atoms with Crippen LogP contribution in [-0.4, -0.2) is 247 Å². The van der Waals surface area contributed by atoms with Crippen molar-refractivity contribution in [2.75, 3.05) is 156 Å². The maximum absolute atomic E-state index is 12.3. The van der Waals surface area contributed by atoms with E-state index in [9.17, 15) is 49.2 Å². The Kier molecular flexibility index (Phi) is 40.7. The molecule has 0 saturated carbocycles. The van der Waals surface area contributed by atoms with E-state index in [1.807, 2.05) is 19.1 Å². The molecule has 71 heavy (non-hydrogen) atoms. The summed E-state index contributed by atoms with van der Waals surface area (Å²) in [7, 11) is 0. The molecule has 0 spiro atoms. The maximum Gasteiger partial charge on any atom is 3.00 e. The third-order valence-corrected chi connectivity index (χ3v) is 11.3. The molecule has 21 nitrogen and oxygen atoms in total. The minimum absolute atomic E-state index is 0. The fraction of sp³-hybridized carbons (Fsp3) is 0.729. The number of unbranched alkanes of at least 4 members (excludes halogenated alkanes) is 2. The average Bonchev–Trinajstić information content (AvgIpc) is 3.29. The first kappa shape index (κ1) is 67.4. The summed E-state index contributed by atoms with van der Waals surface area (Å²) in [6.45, 7) is 14.1. The number of Topliss-reactive ketones (excluding diaryl/α,β-unsaturated/α-hetero) is 1. The standard InChI is InChI=1S/C31H52N2O7S.C17H30N4O8.Ga/c1-4-36-20-21-39-19-9-16-33(28(3)34)26-30(35)10-5-7-17-37-22-24-40-25-23-38-18-8-6-11-31(41)32-29-14-12-27(2)13-15-29;1-13(17(28)29)21-8-6-19(11-15(24)25)4-2-18(10-14(22)23)3-5-20(7-9-21)12-16(26)27;/h12-15H,4-11,16-26H2,1-3H3,(H,32,41);13H,2-12H2,1H3,(H,22,23)(H,24,25)(H,26,27)(H,28,29);/q;;+3/p-3. The Morgan fingerprint density at radius 2 is 1.06 bits per heavy atom. The number of aliphatic carboxylic acids is 4. The van der Waals surface area contributed by atoms with Crippen molar-refractivity contribution in [2.24, 2.45) is 0 Å². The topological polar surface area (TPSA) is 266 Å². The molecule has 1 fully saturated rings. The minimum atomic E-state index is -1.29. The number of hydrogen-bond acceptors (Lipinski definition) is 19. The van der Waals surface area contributed by atoms with Crippen LogP contribution >= 0.6 is 12.2 Å². The van der Waals surface area contributed by atoms with Crippen molar-refractivity contribution >= 4 is 78.3 Å². The zero-order valence-corrected chi connectivity index (χ0v) is 45.7. The Labute approximate surface area is 438 Å². The third-order valence-electron chi connectivity index (χ3n) is 11.0. The van der Waals surface area contributed by atoms with Crippen LogP contribution in [0.15, 0.2) is 24.3 Å². The van der Waals surface area contributed by atoms with Gasteiger partial charge in [-0.25, -0.2) is 0 Å². The van der Waals surface area contributed by atoms with Gasteiger partial charge in [0, 0.05) is 124 Å². The third kappa shape index (κ3) is 37.8. The van der Waals surface area contributed by atoms with Crippen LogP contribution in [0, 0.1) is 6.92 Å². The van der Waals surface area contributed by atoms with Crippen molar-refractivity contribution in [2.45, 2.75) is 78.7 Å². The second-order valence-electron chi connectivity index (χ2n) is 16.8. The SMILES string of the molecule is CC(C(=O)O)N1CCN(CC(=O)[O-])CCN(CC(=O)[O-])CCN(CC(=O)[O-])CC1.CCOCCOCCCN(CC(=O)CCCCOCCOCCOCCCCC(=S)Nc1ccc(C)cc1)C(C)=O.[Ga+3]. The zero-order valence-electron chi connectivity index (χ0n) is 42.5. The van der Waals surface area contributed by atoms with Crippen molar-refractivity contribution in [3.8, 4) is 0 Å². The smallest absolute Gasteiger partial charge is 0.549 e. The molecule has 1 unspecified atom stereocenters. The van der Waals surface area contributed by atoms with Crippen molar-refractivity contribution in [1.82, 2.24) is 24.5 Å². The number of aryl methyl sites for hydroxylation is 1. The van der Waals surface area contributed by atoms with Crippen LogP contribution < -0.4 is 20.6 Å². The number of carboxylic acid groups (broad SMARTS) is 4. The molecule has 1 aliphatic rings. The van der Waals surface area contributed by atoms with Crippen LogP contribution in [0.5, 0.6) is 0 Å². The molecule has 0 bridgehead atoms. The van der Waals surface area contributed by atoms with Crippen molar-refractivity contribution in [1.29, 1.82) is 0 Å². The quantitative estimate of drug-likeness (QED) is 0.0447. The summed E-state index contributed by atoms with van der Waals surface area (Å²) in [6, 6.07) is 7.37. The van der Waals surface area contributed by atoms with E-state index in [2.05, 4.69) is 24.4 Å². The number of amides is 1. The molecule has 0 radical (unpaired) electrons. The van der Waals surface area contributed by atoms with Gasteiger partial charge in [-0.2, -0.15) is 0 Å². The van der Waals surface area contributed by atoms with E-state index in [1.165, 1.54) is 19.4 Å². The van der Waals surface area contributed by atoms with Crippen LogP contribution in [0.3, 0.4) is 0 Å². The normalized spacial score (nSPS) is 14.6. The van der Waals surface area contributed by atoms with Gasteiger partial charge in [-0.05, 0) is 71.4 Å². The fourth-order valence-electron chi connectivity index (χ4n) is 6.90. The molecule has 1 atom stereocenters. The number of anilines is 1. The van der Waals surface area contributed by atoms with Gasteiger partial charge in [0.1, 0.15) is 6.04 Å². The summed E-state index contributed by atoms with van der Waals surface area (Å²) in [6.07, 6.45) is 5.47. The first-order valence-corrected chi connectivity index (χ1v) is 24.7. The predicted octanol–water partition coefficient (Wildman–Crippen LogP) is -1.46. The summed E-state index contributed by atoms with van der Waals surface area (Å²) in [5, 5.41) is 45.6. The van der Waals surface area contributed by atoms with Crippen molar-refractivity contribution < 1.29 is 72.9 Å². The fourth-order valence-corrected chi connectivity index (χ4v) is 7.16. The molecule has 2 rings (SSSR count). The Balaban J connectivity index is 0.00000144. The monoisotopic (exact) mass is 1080 g/mol. The number of benzene rings is 1. The molecule has 1 aliphatic heterocycles. The van der Waals surface area contributed by atoms with Gasteiger partial charge < -0.3 is 68.7 Å². The van der Waals surface area contributed by atoms with Crippen LogP contribution in [-0.2, 0) is 52.5 Å². The number of hydrogen-bond donors (Lipinski definition) is 2. The zero-order chi connectivity index (χ0) is 51.9. The molecule has 23 heteroatoms. The Morgan fingerprint density at radius 1 is 0.648 bits per heavy atom. The van der Waals surface area contributed by atoms with Crippen molar-refractivity contribution in [3.63, 3.8) is 0 Å². The summed E-state index contributed by atoms with van der Waals surface area (Å²) < 4.78 is 27.4. The molecule has 2 N–H and O–H groups in total. The largest absolute Gasteiger partial charge is 3.00 e. The van der Waals surface area contributed by atoms with Gasteiger partial charge in [-0.3, -0.25) is 34.0 Å². The molecule has 400 valence electrons. The maximum atomic E-state index is 12.3. The van der Waals surface area contributed by atoms with E-state index >= 15 is 0 Å². The number of ether oxygens (including phenoxy) is 5. The number of thiocarbonyl (C=S) groups is 1. The molecule has 1 amide bonds.